The van der Waals surface area contributed by atoms with Crippen LogP contribution in [0.2, 0.25) is 5.02 Å². The minimum atomic E-state index is 0. The molecular formula is C18H19ClN3U-. The quantitative estimate of drug-likeness (QED) is 0.546. The summed E-state index contributed by atoms with van der Waals surface area (Å²) in [4.78, 5) is 8.78. The van der Waals surface area contributed by atoms with Crippen molar-refractivity contribution < 1.29 is 31.1 Å². The normalized spacial score (nSPS) is 12.5. The average Bonchev–Trinajstić information content (AvgIpc) is 2.70. The first-order chi connectivity index (χ1) is 10.7. The van der Waals surface area contributed by atoms with E-state index in [9.17, 15) is 0 Å². The van der Waals surface area contributed by atoms with Crippen LogP contribution < -0.4 is 5.73 Å². The standard InChI is InChI=1S/C16H13ClN3.C2H6.U/c1-10-8-11(17)2-3-12(10)16-13-4-6-19-9-14(13)15(18)5-7-20-16;1-2;/h2,4-6,8-9H,7,18H2,1H3;1-2H3;/q-1;;. The van der Waals surface area contributed by atoms with Gasteiger partial charge in [0.05, 0.1) is 0 Å². The minimum Gasteiger partial charge on any atom is -0.398 e. The second-order valence-corrected chi connectivity index (χ2v) is 5.08. The van der Waals surface area contributed by atoms with Crippen molar-refractivity contribution in [2.45, 2.75) is 20.8 Å². The van der Waals surface area contributed by atoms with Crippen LogP contribution in [0.5, 0.6) is 0 Å². The molecule has 1 aliphatic heterocycles. The van der Waals surface area contributed by atoms with Gasteiger partial charge >= 0.3 is 0 Å². The summed E-state index contributed by atoms with van der Waals surface area (Å²) in [7, 11) is 0. The molecule has 2 aromatic rings. The van der Waals surface area contributed by atoms with E-state index in [1.165, 1.54) is 0 Å². The number of aryl methyl sites for hydroxylation is 1. The number of nitrogens with zero attached hydrogens (tertiary/aromatic N) is 2. The van der Waals surface area contributed by atoms with E-state index in [1.807, 2.05) is 39.0 Å². The smallest absolute Gasteiger partial charge is 0.0493 e. The molecule has 23 heavy (non-hydrogen) atoms. The van der Waals surface area contributed by atoms with Crippen LogP contribution in [0.1, 0.15) is 36.1 Å². The monoisotopic (exact) mass is 550 g/mol. The van der Waals surface area contributed by atoms with Gasteiger partial charge in [0.15, 0.2) is 0 Å². The number of aliphatic imine (C=N–C) groups is 1. The molecule has 0 fully saturated rings. The second kappa shape index (κ2) is 9.27. The number of nitrogens with two attached hydrogens (primary N) is 1. The number of halogens is 1. The molecule has 3 nitrogen and oxygen atoms in total. The van der Waals surface area contributed by atoms with E-state index in [4.69, 9.17) is 17.3 Å². The third-order valence-electron chi connectivity index (χ3n) is 3.29. The van der Waals surface area contributed by atoms with Crippen molar-refractivity contribution in [1.29, 1.82) is 0 Å². The van der Waals surface area contributed by atoms with E-state index in [0.717, 1.165) is 28.0 Å². The molecule has 1 aromatic heterocycles. The maximum Gasteiger partial charge on any atom is 0.0493 e. The maximum atomic E-state index is 6.07. The maximum absolute atomic E-state index is 6.07. The Hall–Kier alpha value is -1.08. The third-order valence-corrected chi connectivity index (χ3v) is 3.51. The molecule has 2 heterocycles. The van der Waals surface area contributed by atoms with Gasteiger partial charge in [-0.15, -0.1) is 40.9 Å². The van der Waals surface area contributed by atoms with Gasteiger partial charge in [-0.2, -0.15) is 0 Å². The molecular weight excluding hydrogens is 532 g/mol. The fourth-order valence-electron chi connectivity index (χ4n) is 2.31. The predicted octanol–water partition coefficient (Wildman–Crippen LogP) is 4.02. The van der Waals surface area contributed by atoms with Crippen LogP contribution in [0.15, 0.2) is 41.7 Å². The van der Waals surface area contributed by atoms with Crippen LogP contribution >= 0.6 is 11.6 Å². The zero-order valence-electron chi connectivity index (χ0n) is 13.5. The molecule has 0 amide bonds. The van der Waals surface area contributed by atoms with Crippen LogP contribution in [0.3, 0.4) is 0 Å². The number of aromatic nitrogens is 1. The molecule has 0 saturated carbocycles. The summed E-state index contributed by atoms with van der Waals surface area (Å²) >= 11 is 6.00. The molecule has 0 bridgehead atoms. The van der Waals surface area contributed by atoms with Crippen molar-refractivity contribution in [3.8, 4) is 0 Å². The van der Waals surface area contributed by atoms with E-state index >= 15 is 0 Å². The Balaban J connectivity index is 0.000000849. The van der Waals surface area contributed by atoms with Crippen LogP contribution in [0.25, 0.3) is 5.70 Å². The van der Waals surface area contributed by atoms with Crippen LogP contribution in [0, 0.1) is 44.1 Å². The van der Waals surface area contributed by atoms with Crippen molar-refractivity contribution in [3.63, 3.8) is 0 Å². The van der Waals surface area contributed by atoms with Crippen LogP contribution in [0.4, 0.5) is 0 Å². The number of hydrogen-bond donors (Lipinski definition) is 1. The van der Waals surface area contributed by atoms with Crippen molar-refractivity contribution >= 4 is 23.0 Å². The molecule has 1 aromatic carbocycles. The molecule has 0 unspecified atom stereocenters. The largest absolute Gasteiger partial charge is 0.398 e. The Morgan fingerprint density at radius 3 is 2.70 bits per heavy atom. The average molecular weight is 551 g/mol. The number of benzene rings is 1. The molecule has 1 aliphatic rings. The van der Waals surface area contributed by atoms with Crippen molar-refractivity contribution in [2.24, 2.45) is 10.7 Å². The third kappa shape index (κ3) is 4.47. The van der Waals surface area contributed by atoms with E-state index in [0.29, 0.717) is 17.3 Å². The first-order valence-corrected chi connectivity index (χ1v) is 7.67. The van der Waals surface area contributed by atoms with Gasteiger partial charge in [0.2, 0.25) is 0 Å². The molecule has 0 atom stereocenters. The van der Waals surface area contributed by atoms with Gasteiger partial charge < -0.3 is 10.7 Å². The molecule has 0 aliphatic carbocycles. The molecule has 0 radical (unpaired) electrons. The topological polar surface area (TPSA) is 51.3 Å². The number of fused-ring (bicyclic) bond motifs is 1. The van der Waals surface area contributed by atoms with E-state index in [2.05, 4.69) is 16.0 Å². The van der Waals surface area contributed by atoms with Crippen molar-refractivity contribution in [2.75, 3.05) is 6.54 Å². The Kier molecular flexibility index (Phi) is 8.05. The van der Waals surface area contributed by atoms with Gasteiger partial charge in [-0.05, 0) is 28.4 Å². The summed E-state index contributed by atoms with van der Waals surface area (Å²) in [5.41, 5.74) is 11.5. The summed E-state index contributed by atoms with van der Waals surface area (Å²) in [6, 6.07) is 8.82. The fraction of sp³-hybridized carbons (Fsp3) is 0.222. The minimum absolute atomic E-state index is 0. The Morgan fingerprint density at radius 1 is 1.26 bits per heavy atom. The zero-order chi connectivity index (χ0) is 16.1. The second-order valence-electron chi connectivity index (χ2n) is 4.65. The summed E-state index contributed by atoms with van der Waals surface area (Å²) in [5.74, 6) is 0. The van der Waals surface area contributed by atoms with E-state index in [1.54, 1.807) is 18.5 Å². The zero-order valence-corrected chi connectivity index (χ0v) is 18.4. The van der Waals surface area contributed by atoms with E-state index in [-0.39, 0.29) is 31.1 Å². The van der Waals surface area contributed by atoms with Gasteiger partial charge in [-0.25, -0.2) is 0 Å². The van der Waals surface area contributed by atoms with Crippen LogP contribution in [-0.4, -0.2) is 17.2 Å². The molecule has 5 heteroatoms. The van der Waals surface area contributed by atoms with Crippen molar-refractivity contribution in [3.05, 3.63) is 70.0 Å². The number of rotatable bonds is 1. The molecule has 0 saturated heterocycles. The van der Waals surface area contributed by atoms with Crippen LogP contribution in [-0.2, 0) is 0 Å². The predicted molar refractivity (Wildman–Crippen MR) is 93.3 cm³/mol. The van der Waals surface area contributed by atoms with Gasteiger partial charge in [-0.3, -0.25) is 4.98 Å². The molecule has 3 rings (SSSR count). The molecule has 118 valence electrons. The van der Waals surface area contributed by atoms with Gasteiger partial charge in [0, 0.05) is 61.3 Å². The summed E-state index contributed by atoms with van der Waals surface area (Å²) in [6.07, 6.45) is 5.42. The van der Waals surface area contributed by atoms with E-state index < -0.39 is 0 Å². The Labute approximate surface area is 166 Å². The first-order valence-electron chi connectivity index (χ1n) is 7.30. The summed E-state index contributed by atoms with van der Waals surface area (Å²) in [6.45, 7) is 6.55. The van der Waals surface area contributed by atoms with Gasteiger partial charge in [0.1, 0.15) is 0 Å². The molecule has 2 N–H and O–H groups in total. The first kappa shape index (κ1) is 20.0. The molecule has 0 spiro atoms. The summed E-state index contributed by atoms with van der Waals surface area (Å²) < 4.78 is 0. The Morgan fingerprint density at radius 2 is 2.00 bits per heavy atom. The summed E-state index contributed by atoms with van der Waals surface area (Å²) in [5, 5.41) is 0.674. The SMILES string of the molecule is CC.Cc1cc(Cl)c[c-]c1C1=NCC=C(N)c2cnccc21.[U]. The number of pyridine rings is 1. The fourth-order valence-corrected chi connectivity index (χ4v) is 2.52. The Bertz CT molecular complexity index is 739. The number of hydrogen-bond acceptors (Lipinski definition) is 3. The van der Waals surface area contributed by atoms with Gasteiger partial charge in [-0.1, -0.05) is 20.8 Å². The van der Waals surface area contributed by atoms with Gasteiger partial charge in [0.25, 0.3) is 0 Å². The van der Waals surface area contributed by atoms with Crippen molar-refractivity contribution in [1.82, 2.24) is 4.98 Å².